The molecule has 0 aliphatic rings. The average Bonchev–Trinajstić information content (AvgIpc) is 2.56. The van der Waals surface area contributed by atoms with Crippen LogP contribution >= 0.6 is 11.8 Å². The van der Waals surface area contributed by atoms with Crippen molar-refractivity contribution in [1.82, 2.24) is 15.2 Å². The summed E-state index contributed by atoms with van der Waals surface area (Å²) in [6.07, 6.45) is -3.76. The van der Waals surface area contributed by atoms with E-state index in [4.69, 9.17) is 5.73 Å². The molecule has 0 bridgehead atoms. The Hall–Kier alpha value is -0.960. The zero-order chi connectivity index (χ0) is 12.0. The van der Waals surface area contributed by atoms with Crippen LogP contribution in [0.4, 0.5) is 19.1 Å². The van der Waals surface area contributed by atoms with Crippen LogP contribution in [-0.2, 0) is 4.74 Å². The van der Waals surface area contributed by atoms with Crippen LogP contribution < -0.4 is 5.73 Å². The van der Waals surface area contributed by atoms with Crippen LogP contribution in [0.15, 0.2) is 5.16 Å². The fourth-order valence-corrected chi connectivity index (χ4v) is 1.55. The van der Waals surface area contributed by atoms with E-state index in [1.165, 1.54) is 11.8 Å². The maximum Gasteiger partial charge on any atom is 0.411 e. The first-order chi connectivity index (χ1) is 7.47. The maximum absolute atomic E-state index is 11.7. The van der Waals surface area contributed by atoms with E-state index in [1.54, 1.807) is 0 Å². The standard InChI is InChI=1S/C7H11F3N4OS/c8-7(9,10)4-15-2-1-3-16-6-12-5(11)13-14-6/h1-4H2,(H3,11,12,13,14). The number of anilines is 1. The molecular formula is C7H11F3N4OS. The van der Waals surface area contributed by atoms with E-state index in [9.17, 15) is 13.2 Å². The minimum absolute atomic E-state index is 0.0619. The highest BCUT2D eigenvalue weighted by Crippen LogP contribution is 2.16. The van der Waals surface area contributed by atoms with Gasteiger partial charge in [-0.1, -0.05) is 11.8 Å². The molecule has 0 spiro atoms. The van der Waals surface area contributed by atoms with Crippen molar-refractivity contribution in [3.05, 3.63) is 0 Å². The fourth-order valence-electron chi connectivity index (χ4n) is 0.835. The van der Waals surface area contributed by atoms with Gasteiger partial charge in [0.1, 0.15) is 6.61 Å². The minimum Gasteiger partial charge on any atom is -0.372 e. The molecule has 1 aromatic heterocycles. The molecule has 5 nitrogen and oxygen atoms in total. The van der Waals surface area contributed by atoms with Crippen molar-refractivity contribution in [2.45, 2.75) is 17.8 Å². The zero-order valence-corrected chi connectivity index (χ0v) is 9.07. The third kappa shape index (κ3) is 5.81. The third-order valence-electron chi connectivity index (χ3n) is 1.41. The number of thioether (sulfide) groups is 1. The number of hydrogen-bond donors (Lipinski definition) is 2. The number of nitrogen functional groups attached to an aromatic ring is 1. The first kappa shape index (κ1) is 13.1. The first-order valence-electron chi connectivity index (χ1n) is 4.42. The summed E-state index contributed by atoms with van der Waals surface area (Å²) in [6, 6.07) is 0. The third-order valence-corrected chi connectivity index (χ3v) is 2.35. The number of alkyl halides is 3. The second-order valence-electron chi connectivity index (χ2n) is 2.87. The van der Waals surface area contributed by atoms with Gasteiger partial charge in [-0.15, -0.1) is 5.10 Å². The normalized spacial score (nSPS) is 11.9. The molecule has 0 aliphatic carbocycles. The summed E-state index contributed by atoms with van der Waals surface area (Å²) in [5.41, 5.74) is 5.29. The molecule has 0 saturated carbocycles. The molecule has 0 aliphatic heterocycles. The largest absolute Gasteiger partial charge is 0.411 e. The van der Waals surface area contributed by atoms with Gasteiger partial charge in [-0.25, -0.2) is 5.10 Å². The van der Waals surface area contributed by atoms with Crippen molar-refractivity contribution in [2.75, 3.05) is 24.7 Å². The molecule has 0 atom stereocenters. The lowest BCUT2D eigenvalue weighted by molar-refractivity contribution is -0.173. The maximum atomic E-state index is 11.7. The molecule has 16 heavy (non-hydrogen) atoms. The van der Waals surface area contributed by atoms with E-state index in [-0.39, 0.29) is 12.6 Å². The number of hydrogen-bond acceptors (Lipinski definition) is 5. The van der Waals surface area contributed by atoms with Gasteiger partial charge in [-0.2, -0.15) is 18.2 Å². The lowest BCUT2D eigenvalue weighted by Crippen LogP contribution is -2.17. The molecule has 0 saturated heterocycles. The van der Waals surface area contributed by atoms with Gasteiger partial charge in [0.05, 0.1) is 0 Å². The summed E-state index contributed by atoms with van der Waals surface area (Å²) < 4.78 is 39.4. The van der Waals surface area contributed by atoms with E-state index in [0.29, 0.717) is 17.3 Å². The molecule has 9 heteroatoms. The Morgan fingerprint density at radius 1 is 1.44 bits per heavy atom. The average molecular weight is 256 g/mol. The Kier molecular flexibility index (Phi) is 4.87. The second kappa shape index (κ2) is 5.94. The molecule has 92 valence electrons. The fraction of sp³-hybridized carbons (Fsp3) is 0.714. The summed E-state index contributed by atoms with van der Waals surface area (Å²) >= 11 is 1.30. The van der Waals surface area contributed by atoms with Crippen molar-refractivity contribution in [2.24, 2.45) is 0 Å². The van der Waals surface area contributed by atoms with E-state index in [0.717, 1.165) is 0 Å². The van der Waals surface area contributed by atoms with Gasteiger partial charge in [0, 0.05) is 12.4 Å². The molecule has 0 radical (unpaired) electrons. The number of nitrogens with one attached hydrogen (secondary N) is 1. The van der Waals surface area contributed by atoms with Crippen molar-refractivity contribution in [3.63, 3.8) is 0 Å². The van der Waals surface area contributed by atoms with Crippen LogP contribution in [0, 0.1) is 0 Å². The first-order valence-corrected chi connectivity index (χ1v) is 5.41. The van der Waals surface area contributed by atoms with E-state index in [1.807, 2.05) is 0 Å². The molecule has 0 unspecified atom stereocenters. The van der Waals surface area contributed by atoms with E-state index >= 15 is 0 Å². The molecule has 0 fully saturated rings. The van der Waals surface area contributed by atoms with Crippen molar-refractivity contribution < 1.29 is 17.9 Å². The second-order valence-corrected chi connectivity index (χ2v) is 3.94. The number of halogens is 3. The predicted molar refractivity (Wildman–Crippen MR) is 53.0 cm³/mol. The van der Waals surface area contributed by atoms with Gasteiger partial charge in [-0.3, -0.25) is 0 Å². The van der Waals surface area contributed by atoms with Gasteiger partial charge in [0.15, 0.2) is 0 Å². The Labute approximate surface area is 93.9 Å². The van der Waals surface area contributed by atoms with E-state index in [2.05, 4.69) is 19.9 Å². The highest BCUT2D eigenvalue weighted by Gasteiger charge is 2.27. The number of H-pyrrole nitrogens is 1. The molecule has 1 heterocycles. The number of aromatic amines is 1. The van der Waals surface area contributed by atoms with Crippen LogP contribution in [0.5, 0.6) is 0 Å². The molecule has 3 N–H and O–H groups in total. The molecule has 1 aromatic rings. The zero-order valence-electron chi connectivity index (χ0n) is 8.25. The van der Waals surface area contributed by atoms with Crippen LogP contribution in [0.1, 0.15) is 6.42 Å². The summed E-state index contributed by atoms with van der Waals surface area (Å²) in [6.45, 7) is -1.14. The molecule has 0 aromatic carbocycles. The molecule has 1 rings (SSSR count). The number of rotatable bonds is 6. The van der Waals surface area contributed by atoms with Crippen LogP contribution in [0.3, 0.4) is 0 Å². The van der Waals surface area contributed by atoms with Crippen molar-refractivity contribution in [3.8, 4) is 0 Å². The SMILES string of the molecule is Nc1nc(SCCCOCC(F)(F)F)n[nH]1. The summed E-state index contributed by atoms with van der Waals surface area (Å²) in [5, 5.41) is 6.69. The number of nitrogens with zero attached hydrogens (tertiary/aromatic N) is 2. The summed E-state index contributed by atoms with van der Waals surface area (Å²) in [5.74, 6) is 0.797. The van der Waals surface area contributed by atoms with Gasteiger partial charge in [-0.05, 0) is 6.42 Å². The van der Waals surface area contributed by atoms with E-state index < -0.39 is 12.8 Å². The molecule has 0 amide bonds. The van der Waals surface area contributed by atoms with Crippen LogP contribution in [-0.4, -0.2) is 40.3 Å². The lowest BCUT2D eigenvalue weighted by Gasteiger charge is -2.06. The highest BCUT2D eigenvalue weighted by molar-refractivity contribution is 7.99. The highest BCUT2D eigenvalue weighted by atomic mass is 32.2. The van der Waals surface area contributed by atoms with Gasteiger partial charge >= 0.3 is 6.18 Å². The number of ether oxygens (including phenoxy) is 1. The molecular weight excluding hydrogens is 245 g/mol. The van der Waals surface area contributed by atoms with Gasteiger partial charge in [0.2, 0.25) is 11.1 Å². The number of nitrogens with two attached hydrogens (primary N) is 1. The van der Waals surface area contributed by atoms with Gasteiger partial charge < -0.3 is 10.5 Å². The minimum atomic E-state index is -4.26. The Morgan fingerprint density at radius 3 is 2.75 bits per heavy atom. The quantitative estimate of drug-likeness (QED) is 0.595. The Bertz CT molecular complexity index is 317. The van der Waals surface area contributed by atoms with Crippen molar-refractivity contribution in [1.29, 1.82) is 0 Å². The lowest BCUT2D eigenvalue weighted by atomic mass is 10.5. The predicted octanol–water partition coefficient (Wildman–Crippen LogP) is 1.45. The van der Waals surface area contributed by atoms with Crippen LogP contribution in [0.25, 0.3) is 0 Å². The topological polar surface area (TPSA) is 76.8 Å². The number of aromatic nitrogens is 3. The summed E-state index contributed by atoms with van der Waals surface area (Å²) in [4.78, 5) is 3.82. The van der Waals surface area contributed by atoms with Gasteiger partial charge in [0.25, 0.3) is 0 Å². The Balaban J connectivity index is 2.00. The smallest absolute Gasteiger partial charge is 0.372 e. The van der Waals surface area contributed by atoms with Crippen molar-refractivity contribution >= 4 is 17.7 Å². The Morgan fingerprint density at radius 2 is 2.19 bits per heavy atom. The monoisotopic (exact) mass is 256 g/mol. The van der Waals surface area contributed by atoms with Crippen LogP contribution in [0.2, 0.25) is 0 Å². The summed E-state index contributed by atoms with van der Waals surface area (Å²) in [7, 11) is 0.